The van der Waals surface area contributed by atoms with Gasteiger partial charge in [-0.3, -0.25) is 4.79 Å². The Morgan fingerprint density at radius 3 is 2.29 bits per heavy atom. The molecule has 4 aromatic rings. The van der Waals surface area contributed by atoms with Crippen LogP contribution in [0.5, 0.6) is 23.0 Å². The SMILES string of the molecule is COc1cc(CNC(=O)[C@]2(C/C=C/c3ccccc3)N=C(c3ccc(OCCCO)cc3)O[C@@H]2c2ccccc2Br)cc(OC)c1OC. The molecule has 0 spiro atoms. The lowest BCUT2D eigenvalue weighted by Gasteiger charge is -2.30. The number of aliphatic hydroxyl groups is 1. The summed E-state index contributed by atoms with van der Waals surface area (Å²) in [7, 11) is 4.65. The fourth-order valence-corrected chi connectivity index (χ4v) is 5.98. The molecule has 0 bridgehead atoms. The van der Waals surface area contributed by atoms with Crippen LogP contribution in [0.4, 0.5) is 0 Å². The molecule has 250 valence electrons. The van der Waals surface area contributed by atoms with Crippen LogP contribution in [0.3, 0.4) is 0 Å². The third-order valence-corrected chi connectivity index (χ3v) is 8.66. The van der Waals surface area contributed by atoms with Crippen LogP contribution < -0.4 is 24.3 Å². The maximum atomic E-state index is 14.6. The molecule has 48 heavy (non-hydrogen) atoms. The Bertz CT molecular complexity index is 1720. The standard InChI is InChI=1S/C38H39BrN2O7/c1-44-32-23-27(24-33(45-2)34(32)46-3)25-40-37(43)38(20-9-13-26-11-5-4-6-12-26)35(30-14-7-8-15-31(30)39)48-36(41-38)28-16-18-29(19-17-28)47-22-10-21-42/h4-9,11-19,23-24,35,42H,10,20-22,25H2,1-3H3,(H,40,43)/b13-9+/t35-,38-/m1/s1. The summed E-state index contributed by atoms with van der Waals surface area (Å²) in [6, 6.07) is 28.6. The quantitative estimate of drug-likeness (QED) is 0.129. The second-order valence-corrected chi connectivity index (χ2v) is 11.9. The van der Waals surface area contributed by atoms with Gasteiger partial charge in [0.1, 0.15) is 5.75 Å². The van der Waals surface area contributed by atoms with E-state index in [2.05, 4.69) is 21.2 Å². The summed E-state index contributed by atoms with van der Waals surface area (Å²) in [5.74, 6) is 2.13. The van der Waals surface area contributed by atoms with E-state index in [9.17, 15) is 4.79 Å². The summed E-state index contributed by atoms with van der Waals surface area (Å²) in [5, 5.41) is 12.2. The van der Waals surface area contributed by atoms with Crippen LogP contribution in [-0.4, -0.2) is 57.0 Å². The lowest BCUT2D eigenvalue weighted by Crippen LogP contribution is -2.47. The van der Waals surface area contributed by atoms with Gasteiger partial charge in [-0.05, 0) is 53.6 Å². The number of halogens is 1. The van der Waals surface area contributed by atoms with Gasteiger partial charge < -0.3 is 34.1 Å². The molecule has 2 N–H and O–H groups in total. The van der Waals surface area contributed by atoms with Gasteiger partial charge in [0, 0.05) is 41.6 Å². The molecule has 1 aliphatic heterocycles. The van der Waals surface area contributed by atoms with Gasteiger partial charge in [-0.2, -0.15) is 0 Å². The van der Waals surface area contributed by atoms with Crippen molar-refractivity contribution in [1.29, 1.82) is 0 Å². The molecule has 0 fully saturated rings. The number of amides is 1. The molecule has 0 unspecified atom stereocenters. The van der Waals surface area contributed by atoms with E-state index in [-0.39, 0.29) is 25.5 Å². The lowest BCUT2D eigenvalue weighted by molar-refractivity contribution is -0.129. The zero-order valence-corrected chi connectivity index (χ0v) is 28.7. The van der Waals surface area contributed by atoms with Crippen LogP contribution in [0.1, 0.15) is 41.2 Å². The predicted octanol–water partition coefficient (Wildman–Crippen LogP) is 6.91. The van der Waals surface area contributed by atoms with Gasteiger partial charge in [0.05, 0.1) is 27.9 Å². The maximum Gasteiger partial charge on any atom is 0.252 e. The molecule has 0 aliphatic carbocycles. The summed E-state index contributed by atoms with van der Waals surface area (Å²) in [5.41, 5.74) is 1.87. The summed E-state index contributed by atoms with van der Waals surface area (Å²) in [6.45, 7) is 0.634. The molecule has 10 heteroatoms. The monoisotopic (exact) mass is 714 g/mol. The number of carbonyl (C=O) groups is 1. The molecular weight excluding hydrogens is 676 g/mol. The molecule has 0 saturated carbocycles. The van der Waals surface area contributed by atoms with Crippen LogP contribution in [0.15, 0.2) is 107 Å². The number of rotatable bonds is 15. The Morgan fingerprint density at radius 1 is 0.958 bits per heavy atom. The van der Waals surface area contributed by atoms with Crippen LogP contribution in [0.25, 0.3) is 6.08 Å². The summed E-state index contributed by atoms with van der Waals surface area (Å²) < 4.78 is 29.7. The van der Waals surface area contributed by atoms with Crippen molar-refractivity contribution in [2.24, 2.45) is 4.99 Å². The van der Waals surface area contributed by atoms with Crippen molar-refractivity contribution in [2.75, 3.05) is 34.5 Å². The summed E-state index contributed by atoms with van der Waals surface area (Å²) in [4.78, 5) is 19.7. The molecule has 1 amide bonds. The van der Waals surface area contributed by atoms with Gasteiger partial charge in [-0.25, -0.2) is 4.99 Å². The average molecular weight is 716 g/mol. The maximum absolute atomic E-state index is 14.6. The molecule has 9 nitrogen and oxygen atoms in total. The number of nitrogens with zero attached hydrogens (tertiary/aromatic N) is 1. The highest BCUT2D eigenvalue weighted by atomic mass is 79.9. The van der Waals surface area contributed by atoms with Crippen LogP contribution in [-0.2, 0) is 16.1 Å². The molecule has 1 aliphatic rings. The van der Waals surface area contributed by atoms with Crippen LogP contribution >= 0.6 is 15.9 Å². The third-order valence-electron chi connectivity index (χ3n) is 7.93. The number of hydrogen-bond acceptors (Lipinski definition) is 8. The number of nitrogens with one attached hydrogen (secondary N) is 1. The molecule has 2 atom stereocenters. The number of carbonyl (C=O) groups excluding carboxylic acids is 1. The van der Waals surface area contributed by atoms with Gasteiger partial charge in [-0.1, -0.05) is 76.6 Å². The highest BCUT2D eigenvalue weighted by Crippen LogP contribution is 2.45. The Hall–Kier alpha value is -4.80. The second kappa shape index (κ2) is 16.3. The Labute approximate surface area is 289 Å². The third kappa shape index (κ3) is 7.83. The van der Waals surface area contributed by atoms with Gasteiger partial charge in [-0.15, -0.1) is 0 Å². The van der Waals surface area contributed by atoms with Crippen LogP contribution in [0, 0.1) is 0 Å². The van der Waals surface area contributed by atoms with E-state index in [1.165, 1.54) is 0 Å². The number of ether oxygens (including phenoxy) is 5. The minimum absolute atomic E-state index is 0.0571. The first kappa shape index (κ1) is 34.5. The molecule has 1 heterocycles. The second-order valence-electron chi connectivity index (χ2n) is 11.0. The summed E-state index contributed by atoms with van der Waals surface area (Å²) in [6.07, 6.45) is 3.98. The Balaban J connectivity index is 1.54. The fraction of sp³-hybridized carbons (Fsp3) is 0.263. The molecule has 4 aromatic carbocycles. The number of aliphatic imine (C=N–C) groups is 1. The number of hydrogen-bond donors (Lipinski definition) is 2. The normalized spacial score (nSPS) is 17.0. The van der Waals surface area contributed by atoms with E-state index >= 15 is 0 Å². The van der Waals surface area contributed by atoms with Crippen molar-refractivity contribution in [3.63, 3.8) is 0 Å². The van der Waals surface area contributed by atoms with E-state index in [1.807, 2.05) is 91.0 Å². The van der Waals surface area contributed by atoms with Crippen molar-refractivity contribution < 1.29 is 33.6 Å². The van der Waals surface area contributed by atoms with Crippen LogP contribution in [0.2, 0.25) is 0 Å². The number of methoxy groups -OCH3 is 3. The molecule has 0 aromatic heterocycles. The number of aliphatic hydroxyl groups excluding tert-OH is 1. The Kier molecular flexibility index (Phi) is 11.8. The van der Waals surface area contributed by atoms with Gasteiger partial charge in [0.15, 0.2) is 23.1 Å². The summed E-state index contributed by atoms with van der Waals surface area (Å²) >= 11 is 3.69. The van der Waals surface area contributed by atoms with Crippen molar-refractivity contribution in [3.05, 3.63) is 124 Å². The zero-order valence-electron chi connectivity index (χ0n) is 27.1. The van der Waals surface area contributed by atoms with E-state index in [4.69, 9.17) is 33.8 Å². The highest BCUT2D eigenvalue weighted by molar-refractivity contribution is 9.10. The van der Waals surface area contributed by atoms with Crippen molar-refractivity contribution >= 4 is 33.8 Å². The first-order chi connectivity index (χ1) is 23.4. The molecule has 5 rings (SSSR count). The van der Waals surface area contributed by atoms with Crippen molar-refractivity contribution in [3.8, 4) is 23.0 Å². The molecule has 0 saturated heterocycles. The van der Waals surface area contributed by atoms with E-state index in [0.29, 0.717) is 47.5 Å². The Morgan fingerprint density at radius 2 is 1.65 bits per heavy atom. The lowest BCUT2D eigenvalue weighted by atomic mass is 9.84. The number of benzene rings is 4. The fourth-order valence-electron chi connectivity index (χ4n) is 5.49. The largest absolute Gasteiger partial charge is 0.494 e. The zero-order chi connectivity index (χ0) is 33.9. The average Bonchev–Trinajstić information content (AvgIpc) is 3.51. The van der Waals surface area contributed by atoms with E-state index in [1.54, 1.807) is 33.5 Å². The molecular formula is C38H39BrN2O7. The van der Waals surface area contributed by atoms with Gasteiger partial charge >= 0.3 is 0 Å². The molecule has 0 radical (unpaired) electrons. The van der Waals surface area contributed by atoms with E-state index in [0.717, 1.165) is 21.2 Å². The van der Waals surface area contributed by atoms with Crippen molar-refractivity contribution in [2.45, 2.75) is 31.0 Å². The first-order valence-corrected chi connectivity index (χ1v) is 16.4. The van der Waals surface area contributed by atoms with E-state index < -0.39 is 11.6 Å². The smallest absolute Gasteiger partial charge is 0.252 e. The minimum atomic E-state index is -1.37. The topological polar surface area (TPSA) is 108 Å². The first-order valence-electron chi connectivity index (χ1n) is 15.6. The predicted molar refractivity (Wildman–Crippen MR) is 189 cm³/mol. The minimum Gasteiger partial charge on any atom is -0.494 e. The highest BCUT2D eigenvalue weighted by Gasteiger charge is 2.53. The van der Waals surface area contributed by atoms with Crippen molar-refractivity contribution in [1.82, 2.24) is 5.32 Å². The van der Waals surface area contributed by atoms with Gasteiger partial charge in [0.2, 0.25) is 11.6 Å². The van der Waals surface area contributed by atoms with Gasteiger partial charge in [0.25, 0.3) is 5.91 Å².